The van der Waals surface area contributed by atoms with E-state index in [1.165, 1.54) is 28.7 Å². The monoisotopic (exact) mass is 325 g/mol. The number of hydrogen-bond donors (Lipinski definition) is 0. The minimum atomic E-state index is -2.94. The van der Waals surface area contributed by atoms with Gasteiger partial charge in [-0.1, -0.05) is 0 Å². The third-order valence-corrected chi connectivity index (χ3v) is 2.31. The Bertz CT molecular complexity index is 458. The first-order chi connectivity index (χ1) is 6.97. The maximum Gasteiger partial charge on any atom is 0.365 e. The fourth-order valence-electron chi connectivity index (χ4n) is 0.895. The third kappa shape index (κ3) is 2.35. The summed E-state index contributed by atoms with van der Waals surface area (Å²) in [6.45, 7) is 0. The molecule has 0 saturated carbocycles. The van der Waals surface area contributed by atoms with E-state index in [-0.39, 0.29) is 9.26 Å². The first kappa shape index (κ1) is 11.7. The Balaban J connectivity index is 3.47. The van der Waals surface area contributed by atoms with Gasteiger partial charge in [0, 0.05) is 34.2 Å². The van der Waals surface area contributed by atoms with Crippen molar-refractivity contribution in [2.75, 3.05) is 0 Å². The van der Waals surface area contributed by atoms with Gasteiger partial charge in [-0.2, -0.15) is 5.26 Å². The second kappa shape index (κ2) is 4.43. The van der Waals surface area contributed by atoms with Crippen LogP contribution in [0.1, 0.15) is 17.6 Å². The van der Waals surface area contributed by atoms with Crippen molar-refractivity contribution in [1.29, 1.82) is 5.26 Å². The molecule has 0 fully saturated rings. The summed E-state index contributed by atoms with van der Waals surface area (Å²) in [7, 11) is 0. The van der Waals surface area contributed by atoms with Crippen molar-refractivity contribution in [3.8, 4) is 6.07 Å². The Morgan fingerprint density at radius 2 is 2.27 bits per heavy atom. The molecule has 1 aromatic rings. The Morgan fingerprint density at radius 3 is 2.67 bits per heavy atom. The molecule has 78 valence electrons. The Labute approximate surface area is 96.0 Å². The summed E-state index contributed by atoms with van der Waals surface area (Å²) in [4.78, 5) is 12.9. The van der Waals surface area contributed by atoms with Gasteiger partial charge in [-0.05, 0) is 9.91 Å². The summed E-state index contributed by atoms with van der Waals surface area (Å²) in [5.41, 5.74) is -0.986. The first-order valence-electron chi connectivity index (χ1n) is 3.50. The number of nitrogens with zero attached hydrogens (tertiary/aromatic N) is 3. The summed E-state index contributed by atoms with van der Waals surface area (Å²) in [5.74, 6) is -0.686. The molecule has 0 atom stereocenters. The van der Waals surface area contributed by atoms with E-state index in [1.807, 2.05) is 0 Å². The van der Waals surface area contributed by atoms with Gasteiger partial charge < -0.3 is 10.1 Å². The van der Waals surface area contributed by atoms with Crippen molar-refractivity contribution in [3.63, 3.8) is 0 Å². The standard InChI is InChI=1S/C7H2F2IN3O2/c8-6(9)3-1-5(13(14)15)12-7(10)4(3)2-11/h1,6H. The molecule has 0 unspecified atom stereocenters. The Hall–Kier alpha value is -1.37. The lowest BCUT2D eigenvalue weighted by atomic mass is 10.1. The molecule has 0 aliphatic heterocycles. The predicted molar refractivity (Wildman–Crippen MR) is 53.3 cm³/mol. The lowest BCUT2D eigenvalue weighted by Crippen LogP contribution is -2.01. The molecule has 0 N–H and O–H groups in total. The largest absolute Gasteiger partial charge is 0.365 e. The number of alkyl halides is 2. The number of nitro groups is 1. The van der Waals surface area contributed by atoms with Gasteiger partial charge >= 0.3 is 5.82 Å². The van der Waals surface area contributed by atoms with Crippen molar-refractivity contribution < 1.29 is 13.7 Å². The molecule has 5 nitrogen and oxygen atoms in total. The molecule has 0 saturated heterocycles. The quantitative estimate of drug-likeness (QED) is 0.362. The van der Waals surface area contributed by atoms with Crippen molar-refractivity contribution in [1.82, 2.24) is 4.98 Å². The third-order valence-electron chi connectivity index (χ3n) is 1.53. The Kier molecular flexibility index (Phi) is 3.46. The molecule has 0 bridgehead atoms. The lowest BCUT2D eigenvalue weighted by Gasteiger charge is -2.01. The van der Waals surface area contributed by atoms with Crippen molar-refractivity contribution in [2.45, 2.75) is 6.43 Å². The van der Waals surface area contributed by atoms with Crippen LogP contribution in [-0.2, 0) is 0 Å². The van der Waals surface area contributed by atoms with Crippen LogP contribution in [0.4, 0.5) is 14.6 Å². The van der Waals surface area contributed by atoms with Crippen LogP contribution in [0, 0.1) is 25.1 Å². The SMILES string of the molecule is N#Cc1c(C(F)F)cc([N+](=O)[O-])nc1I. The first-order valence-corrected chi connectivity index (χ1v) is 4.58. The van der Waals surface area contributed by atoms with E-state index < -0.39 is 22.7 Å². The van der Waals surface area contributed by atoms with E-state index in [0.29, 0.717) is 6.07 Å². The molecule has 1 rings (SSSR count). The van der Waals surface area contributed by atoms with E-state index in [4.69, 9.17) is 5.26 Å². The highest BCUT2D eigenvalue weighted by Gasteiger charge is 2.23. The summed E-state index contributed by atoms with van der Waals surface area (Å²) >= 11 is 1.51. The van der Waals surface area contributed by atoms with Crippen LogP contribution in [0.15, 0.2) is 6.07 Å². The molecule has 0 amide bonds. The summed E-state index contributed by atoms with van der Waals surface area (Å²) in [5, 5.41) is 18.9. The zero-order valence-corrected chi connectivity index (χ0v) is 9.10. The van der Waals surface area contributed by atoms with Crippen molar-refractivity contribution in [2.24, 2.45) is 0 Å². The van der Waals surface area contributed by atoms with Crippen LogP contribution < -0.4 is 0 Å². The van der Waals surface area contributed by atoms with Gasteiger partial charge in [0.15, 0.2) is 0 Å². The molecular weight excluding hydrogens is 323 g/mol. The zero-order valence-electron chi connectivity index (χ0n) is 6.95. The van der Waals surface area contributed by atoms with Crippen molar-refractivity contribution in [3.05, 3.63) is 31.0 Å². The highest BCUT2D eigenvalue weighted by molar-refractivity contribution is 14.1. The summed E-state index contributed by atoms with van der Waals surface area (Å²) in [6, 6.07) is 2.16. The highest BCUT2D eigenvalue weighted by Crippen LogP contribution is 2.28. The number of halogens is 3. The van der Waals surface area contributed by atoms with Gasteiger partial charge in [0.1, 0.15) is 11.6 Å². The number of aromatic nitrogens is 1. The molecule has 1 heterocycles. The molecule has 1 aromatic heterocycles. The van der Waals surface area contributed by atoms with E-state index in [9.17, 15) is 18.9 Å². The normalized spacial score (nSPS) is 10.1. The molecule has 0 radical (unpaired) electrons. The van der Waals surface area contributed by atoms with Gasteiger partial charge in [0.05, 0.1) is 0 Å². The van der Waals surface area contributed by atoms with Crippen LogP contribution >= 0.6 is 22.6 Å². The highest BCUT2D eigenvalue weighted by atomic mass is 127. The average Bonchev–Trinajstić information content (AvgIpc) is 2.16. The van der Waals surface area contributed by atoms with Crippen LogP contribution in [0.3, 0.4) is 0 Å². The maximum atomic E-state index is 12.4. The number of nitriles is 1. The lowest BCUT2D eigenvalue weighted by molar-refractivity contribution is -0.389. The fourth-order valence-corrected chi connectivity index (χ4v) is 1.57. The summed E-state index contributed by atoms with van der Waals surface area (Å²) < 4.78 is 24.8. The van der Waals surface area contributed by atoms with Crippen LogP contribution in [0.25, 0.3) is 0 Å². The minimum absolute atomic E-state index is 0.0976. The van der Waals surface area contributed by atoms with Gasteiger partial charge in [-0.25, -0.2) is 8.78 Å². The minimum Gasteiger partial charge on any atom is -0.358 e. The smallest absolute Gasteiger partial charge is 0.358 e. The van der Waals surface area contributed by atoms with E-state index in [2.05, 4.69) is 4.98 Å². The molecule has 0 aliphatic carbocycles. The number of pyridine rings is 1. The van der Waals surface area contributed by atoms with E-state index >= 15 is 0 Å². The number of hydrogen-bond acceptors (Lipinski definition) is 4. The van der Waals surface area contributed by atoms with Gasteiger partial charge in [-0.15, -0.1) is 0 Å². The predicted octanol–water partition coefficient (Wildman–Crippen LogP) is 2.40. The molecule has 8 heteroatoms. The summed E-state index contributed by atoms with van der Waals surface area (Å²) in [6.07, 6.45) is -2.94. The van der Waals surface area contributed by atoms with Crippen LogP contribution in [-0.4, -0.2) is 9.91 Å². The van der Waals surface area contributed by atoms with Gasteiger partial charge in [-0.3, -0.25) is 0 Å². The van der Waals surface area contributed by atoms with Crippen LogP contribution in [0.5, 0.6) is 0 Å². The molecular formula is C7H2F2IN3O2. The van der Waals surface area contributed by atoms with Gasteiger partial charge in [0.2, 0.25) is 3.70 Å². The van der Waals surface area contributed by atoms with Gasteiger partial charge in [0.25, 0.3) is 6.43 Å². The topological polar surface area (TPSA) is 79.8 Å². The molecule has 0 aromatic carbocycles. The second-order valence-electron chi connectivity index (χ2n) is 2.41. The van der Waals surface area contributed by atoms with Crippen LogP contribution in [0.2, 0.25) is 0 Å². The number of rotatable bonds is 2. The molecule has 0 spiro atoms. The fraction of sp³-hybridized carbons (Fsp3) is 0.143. The second-order valence-corrected chi connectivity index (χ2v) is 3.43. The van der Waals surface area contributed by atoms with E-state index in [0.717, 1.165) is 0 Å². The Morgan fingerprint density at radius 1 is 1.67 bits per heavy atom. The van der Waals surface area contributed by atoms with E-state index in [1.54, 1.807) is 0 Å². The average molecular weight is 325 g/mol. The van der Waals surface area contributed by atoms with Crippen molar-refractivity contribution >= 4 is 28.4 Å². The zero-order chi connectivity index (χ0) is 11.6. The molecule has 15 heavy (non-hydrogen) atoms. The molecule has 0 aliphatic rings. The maximum absolute atomic E-state index is 12.4.